The van der Waals surface area contributed by atoms with E-state index in [0.717, 1.165) is 27.8 Å². The van der Waals surface area contributed by atoms with Crippen molar-refractivity contribution in [1.82, 2.24) is 4.72 Å². The molecule has 1 N–H and O–H groups in total. The number of benzene rings is 2. The van der Waals surface area contributed by atoms with Crippen molar-refractivity contribution in [2.75, 3.05) is 7.11 Å². The summed E-state index contributed by atoms with van der Waals surface area (Å²) in [7, 11) is -1.99. The topological polar surface area (TPSA) is 55.4 Å². The zero-order valence-electron chi connectivity index (χ0n) is 14.2. The third-order valence-electron chi connectivity index (χ3n) is 4.17. The van der Waals surface area contributed by atoms with Gasteiger partial charge in [-0.05, 0) is 67.6 Å². The molecule has 0 spiro atoms. The molecule has 0 aliphatic heterocycles. The molecule has 4 nitrogen and oxygen atoms in total. The number of methoxy groups -OCH3 is 1. The molecule has 0 fully saturated rings. The minimum Gasteiger partial charge on any atom is -0.497 e. The normalized spacial score (nSPS) is 11.5. The maximum absolute atomic E-state index is 12.8. The molecule has 23 heavy (non-hydrogen) atoms. The molecule has 2 aromatic rings. The van der Waals surface area contributed by atoms with Crippen molar-refractivity contribution in [2.24, 2.45) is 0 Å². The minimum absolute atomic E-state index is 0.228. The predicted octanol–water partition coefficient (Wildman–Crippen LogP) is 3.41. The van der Waals surface area contributed by atoms with Crippen LogP contribution in [0.15, 0.2) is 35.2 Å². The van der Waals surface area contributed by atoms with Gasteiger partial charge in [0.15, 0.2) is 0 Å². The first kappa shape index (κ1) is 17.5. The zero-order chi connectivity index (χ0) is 17.2. The van der Waals surface area contributed by atoms with Crippen molar-refractivity contribution in [3.8, 4) is 5.75 Å². The van der Waals surface area contributed by atoms with Gasteiger partial charge in [-0.1, -0.05) is 18.2 Å². The Labute approximate surface area is 138 Å². The van der Waals surface area contributed by atoms with Crippen molar-refractivity contribution in [3.05, 3.63) is 58.1 Å². The van der Waals surface area contributed by atoms with Crippen LogP contribution in [-0.2, 0) is 16.6 Å². The van der Waals surface area contributed by atoms with Crippen LogP contribution in [0.3, 0.4) is 0 Å². The second kappa shape index (κ2) is 6.72. The SMILES string of the molecule is COc1cccc(CNS(=O)(=O)c2c(C)c(C)cc(C)c2C)c1. The fourth-order valence-corrected chi connectivity index (χ4v) is 4.25. The van der Waals surface area contributed by atoms with Gasteiger partial charge in [0.25, 0.3) is 0 Å². The Hall–Kier alpha value is -1.85. The smallest absolute Gasteiger partial charge is 0.241 e. The highest BCUT2D eigenvalue weighted by Crippen LogP contribution is 2.26. The molecule has 0 bridgehead atoms. The van der Waals surface area contributed by atoms with Crippen LogP contribution in [0.2, 0.25) is 0 Å². The van der Waals surface area contributed by atoms with Crippen LogP contribution in [0.1, 0.15) is 27.8 Å². The van der Waals surface area contributed by atoms with Crippen molar-refractivity contribution in [1.29, 1.82) is 0 Å². The lowest BCUT2D eigenvalue weighted by molar-refractivity contribution is 0.414. The van der Waals surface area contributed by atoms with Gasteiger partial charge in [0.1, 0.15) is 5.75 Å². The average molecular weight is 333 g/mol. The lowest BCUT2D eigenvalue weighted by Crippen LogP contribution is -2.25. The van der Waals surface area contributed by atoms with E-state index in [2.05, 4.69) is 4.72 Å². The molecule has 0 heterocycles. The first-order valence-corrected chi connectivity index (χ1v) is 8.94. The van der Waals surface area contributed by atoms with Gasteiger partial charge in [0.05, 0.1) is 12.0 Å². The summed E-state index contributed by atoms with van der Waals surface area (Å²) in [5.41, 5.74) is 4.41. The van der Waals surface area contributed by atoms with E-state index in [0.29, 0.717) is 10.6 Å². The van der Waals surface area contributed by atoms with Crippen LogP contribution in [0.5, 0.6) is 5.75 Å². The Balaban J connectivity index is 2.33. The standard InChI is InChI=1S/C18H23NO3S/c1-12-9-13(2)15(4)18(14(12)3)23(20,21)19-11-16-7-6-8-17(10-16)22-5/h6-10,19H,11H2,1-5H3. The summed E-state index contributed by atoms with van der Waals surface area (Å²) < 4.78 is 33.4. The van der Waals surface area contributed by atoms with Gasteiger partial charge in [-0.25, -0.2) is 13.1 Å². The van der Waals surface area contributed by atoms with E-state index < -0.39 is 10.0 Å². The first-order chi connectivity index (χ1) is 10.8. The van der Waals surface area contributed by atoms with E-state index in [9.17, 15) is 8.42 Å². The van der Waals surface area contributed by atoms with Crippen molar-refractivity contribution in [2.45, 2.75) is 39.1 Å². The van der Waals surface area contributed by atoms with Gasteiger partial charge in [-0.2, -0.15) is 0 Å². The minimum atomic E-state index is -3.58. The fraction of sp³-hybridized carbons (Fsp3) is 0.333. The summed E-state index contributed by atoms with van der Waals surface area (Å²) in [6.45, 7) is 7.79. The maximum Gasteiger partial charge on any atom is 0.241 e. The molecule has 5 heteroatoms. The van der Waals surface area contributed by atoms with Gasteiger partial charge in [-0.15, -0.1) is 0 Å². The Kier molecular flexibility index (Phi) is 5.12. The molecule has 0 aliphatic rings. The summed E-state index contributed by atoms with van der Waals surface area (Å²) in [5, 5.41) is 0. The number of rotatable bonds is 5. The van der Waals surface area contributed by atoms with Crippen molar-refractivity contribution >= 4 is 10.0 Å². The lowest BCUT2D eigenvalue weighted by atomic mass is 10.0. The third kappa shape index (κ3) is 3.74. The van der Waals surface area contributed by atoms with Crippen LogP contribution >= 0.6 is 0 Å². The molecular formula is C18H23NO3S. The molecule has 2 rings (SSSR count). The fourth-order valence-electron chi connectivity index (χ4n) is 2.62. The van der Waals surface area contributed by atoms with Crippen LogP contribution < -0.4 is 9.46 Å². The average Bonchev–Trinajstić information content (AvgIpc) is 2.51. The van der Waals surface area contributed by atoms with Gasteiger partial charge in [-0.3, -0.25) is 0 Å². The number of ether oxygens (including phenoxy) is 1. The molecule has 2 aromatic carbocycles. The summed E-state index contributed by atoms with van der Waals surface area (Å²) in [5.74, 6) is 0.709. The zero-order valence-corrected chi connectivity index (χ0v) is 15.0. The van der Waals surface area contributed by atoms with E-state index in [1.807, 2.05) is 58.0 Å². The first-order valence-electron chi connectivity index (χ1n) is 7.46. The van der Waals surface area contributed by atoms with E-state index >= 15 is 0 Å². The number of sulfonamides is 1. The van der Waals surface area contributed by atoms with Crippen molar-refractivity contribution in [3.63, 3.8) is 0 Å². The van der Waals surface area contributed by atoms with E-state index in [4.69, 9.17) is 4.74 Å². The van der Waals surface area contributed by atoms with Crippen LogP contribution in [0.4, 0.5) is 0 Å². The van der Waals surface area contributed by atoms with Crippen LogP contribution in [0, 0.1) is 27.7 Å². The highest BCUT2D eigenvalue weighted by Gasteiger charge is 2.21. The third-order valence-corrected chi connectivity index (χ3v) is 5.84. The molecule has 0 radical (unpaired) electrons. The second-order valence-corrected chi connectivity index (χ2v) is 7.47. The molecule has 0 amide bonds. The number of hydrogen-bond donors (Lipinski definition) is 1. The number of aryl methyl sites for hydroxylation is 2. The molecule has 0 aromatic heterocycles. The van der Waals surface area contributed by atoms with Gasteiger partial charge in [0.2, 0.25) is 10.0 Å². The molecule has 0 unspecified atom stereocenters. The Morgan fingerprint density at radius 3 is 2.17 bits per heavy atom. The highest BCUT2D eigenvalue weighted by molar-refractivity contribution is 7.89. The molecule has 124 valence electrons. The predicted molar refractivity (Wildman–Crippen MR) is 92.4 cm³/mol. The monoisotopic (exact) mass is 333 g/mol. The maximum atomic E-state index is 12.8. The quantitative estimate of drug-likeness (QED) is 0.912. The molecule has 0 aliphatic carbocycles. The Bertz CT molecular complexity index is 800. The number of hydrogen-bond acceptors (Lipinski definition) is 3. The second-order valence-electron chi connectivity index (χ2n) is 5.77. The van der Waals surface area contributed by atoms with Crippen LogP contribution in [-0.4, -0.2) is 15.5 Å². The largest absolute Gasteiger partial charge is 0.497 e. The Morgan fingerprint density at radius 1 is 1.00 bits per heavy atom. The van der Waals surface area contributed by atoms with E-state index in [1.165, 1.54) is 0 Å². The molecular weight excluding hydrogens is 310 g/mol. The molecule has 0 atom stereocenters. The van der Waals surface area contributed by atoms with Gasteiger partial charge >= 0.3 is 0 Å². The molecule has 0 saturated carbocycles. The van der Waals surface area contributed by atoms with Gasteiger partial charge in [0, 0.05) is 6.54 Å². The van der Waals surface area contributed by atoms with Crippen molar-refractivity contribution < 1.29 is 13.2 Å². The summed E-state index contributed by atoms with van der Waals surface area (Å²) in [6.07, 6.45) is 0. The summed E-state index contributed by atoms with van der Waals surface area (Å²) in [6, 6.07) is 9.38. The lowest BCUT2D eigenvalue weighted by Gasteiger charge is -2.16. The summed E-state index contributed by atoms with van der Waals surface area (Å²) in [4.78, 5) is 0.387. The highest BCUT2D eigenvalue weighted by atomic mass is 32.2. The van der Waals surface area contributed by atoms with Gasteiger partial charge < -0.3 is 4.74 Å². The Morgan fingerprint density at radius 2 is 1.61 bits per heavy atom. The van der Waals surface area contributed by atoms with Crippen LogP contribution in [0.25, 0.3) is 0 Å². The summed E-state index contributed by atoms with van der Waals surface area (Å²) >= 11 is 0. The van der Waals surface area contributed by atoms with E-state index in [1.54, 1.807) is 7.11 Å². The number of nitrogens with one attached hydrogen (secondary N) is 1. The van der Waals surface area contributed by atoms with E-state index in [-0.39, 0.29) is 6.54 Å². The molecule has 0 saturated heterocycles.